The molecule has 2 heterocycles. The third-order valence-corrected chi connectivity index (χ3v) is 6.52. The zero-order chi connectivity index (χ0) is 20.1. The maximum Gasteiger partial charge on any atom is 0.551 e. The number of hydrogen-bond donors (Lipinski definition) is 0. The molecule has 0 unspecified atom stereocenters. The molecule has 2 aliphatic heterocycles. The molecule has 148 valence electrons. The molecule has 1 aromatic carbocycles. The highest BCUT2D eigenvalue weighted by molar-refractivity contribution is 6.60. The van der Waals surface area contributed by atoms with Gasteiger partial charge in [-0.2, -0.15) is 0 Å². The topological polar surface area (TPSA) is 40.2 Å². The van der Waals surface area contributed by atoms with Crippen molar-refractivity contribution in [3.8, 4) is 0 Å². The predicted molar refractivity (Wildman–Crippen MR) is 109 cm³/mol. The Morgan fingerprint density at radius 2 is 1.04 bits per heavy atom. The van der Waals surface area contributed by atoms with Gasteiger partial charge in [-0.25, -0.2) is 0 Å². The van der Waals surface area contributed by atoms with Crippen LogP contribution in [-0.4, -0.2) is 48.2 Å². The summed E-state index contributed by atoms with van der Waals surface area (Å²) in [5, 5.41) is 0. The van der Waals surface area contributed by atoms with Crippen LogP contribution in [0.15, 0.2) is 30.3 Å². The highest BCUT2D eigenvalue weighted by Gasteiger charge is 2.61. The molecule has 1 aromatic rings. The first kappa shape index (κ1) is 20.9. The molecule has 0 amide bonds. The Morgan fingerprint density at radius 1 is 0.667 bits per heavy atom. The average molecular weight is 373 g/mol. The monoisotopic (exact) mass is 373 g/mol. The highest BCUT2D eigenvalue weighted by Crippen LogP contribution is 2.41. The molecular weight excluding hydrogens is 340 g/mol. The second-order valence-electron chi connectivity index (χ2n) is 9.60. The Hall–Kier alpha value is -0.850. The number of hydrogen-bond acceptors (Lipinski definition) is 5. The van der Waals surface area contributed by atoms with Gasteiger partial charge in [0.15, 0.2) is 0 Å². The van der Waals surface area contributed by atoms with E-state index in [0.717, 1.165) is 6.42 Å². The lowest BCUT2D eigenvalue weighted by Crippen LogP contribution is -2.54. The molecule has 2 saturated heterocycles. The first-order valence-electron chi connectivity index (χ1n) is 9.86. The number of benzene rings is 1. The van der Waals surface area contributed by atoms with Crippen molar-refractivity contribution in [1.29, 1.82) is 0 Å². The Morgan fingerprint density at radius 3 is 1.41 bits per heavy atom. The van der Waals surface area contributed by atoms with Gasteiger partial charge in [0.05, 0.1) is 22.4 Å². The van der Waals surface area contributed by atoms with Gasteiger partial charge in [0.25, 0.3) is 0 Å². The Balaban J connectivity index is 1.82. The van der Waals surface area contributed by atoms with Crippen LogP contribution in [0.3, 0.4) is 0 Å². The van der Waals surface area contributed by atoms with E-state index in [4.69, 9.17) is 18.6 Å². The van der Waals surface area contributed by atoms with Gasteiger partial charge in [0.2, 0.25) is 0 Å². The molecule has 27 heavy (non-hydrogen) atoms. The third-order valence-electron chi connectivity index (χ3n) is 6.52. The summed E-state index contributed by atoms with van der Waals surface area (Å²) in [6, 6.07) is 10.4. The molecule has 0 atom stereocenters. The van der Waals surface area contributed by atoms with E-state index in [2.05, 4.69) is 84.4 Å². The van der Waals surface area contributed by atoms with Gasteiger partial charge in [-0.1, -0.05) is 30.3 Å². The summed E-state index contributed by atoms with van der Waals surface area (Å²) in [4.78, 5) is 0. The van der Waals surface area contributed by atoms with Crippen molar-refractivity contribution in [1.82, 2.24) is 4.72 Å². The van der Waals surface area contributed by atoms with Crippen molar-refractivity contribution in [3.05, 3.63) is 35.9 Å². The minimum absolute atomic E-state index is 0.410. The fourth-order valence-electron chi connectivity index (χ4n) is 3.11. The van der Waals surface area contributed by atoms with E-state index in [-0.39, 0.29) is 0 Å². The number of nitrogens with zero attached hydrogens (tertiary/aromatic N) is 1. The van der Waals surface area contributed by atoms with Crippen LogP contribution in [-0.2, 0) is 25.0 Å². The van der Waals surface area contributed by atoms with Gasteiger partial charge in [0, 0.05) is 0 Å². The van der Waals surface area contributed by atoms with Crippen LogP contribution in [0.1, 0.15) is 61.0 Å². The fourth-order valence-corrected chi connectivity index (χ4v) is 3.11. The maximum absolute atomic E-state index is 6.31. The van der Waals surface area contributed by atoms with Crippen molar-refractivity contribution in [3.63, 3.8) is 0 Å². The maximum atomic E-state index is 6.31. The zero-order valence-corrected chi connectivity index (χ0v) is 18.0. The van der Waals surface area contributed by atoms with Crippen LogP contribution in [0.25, 0.3) is 0 Å². The van der Waals surface area contributed by atoms with Gasteiger partial charge < -0.3 is 18.6 Å². The second-order valence-corrected chi connectivity index (χ2v) is 9.60. The first-order chi connectivity index (χ1) is 12.3. The van der Waals surface area contributed by atoms with E-state index in [1.807, 2.05) is 6.07 Å². The minimum Gasteiger partial charge on any atom is -0.390 e. The lowest BCUT2D eigenvalue weighted by molar-refractivity contribution is 0.00578. The summed E-state index contributed by atoms with van der Waals surface area (Å²) in [5.74, 6) is 0. The van der Waals surface area contributed by atoms with Crippen molar-refractivity contribution in [2.24, 2.45) is 0 Å². The Bertz CT molecular complexity index is 595. The summed E-state index contributed by atoms with van der Waals surface area (Å²) in [6.45, 7) is 17.2. The smallest absolute Gasteiger partial charge is 0.390 e. The molecule has 0 aromatic heterocycles. The summed E-state index contributed by atoms with van der Waals surface area (Å²) >= 11 is 0. The first-order valence-corrected chi connectivity index (χ1v) is 9.86. The van der Waals surface area contributed by atoms with Crippen LogP contribution in [0.5, 0.6) is 0 Å². The van der Waals surface area contributed by atoms with E-state index in [9.17, 15) is 0 Å². The summed E-state index contributed by atoms with van der Waals surface area (Å²) in [7, 11) is -1.04. The molecule has 0 spiro atoms. The highest BCUT2D eigenvalue weighted by atomic mass is 16.7. The summed E-state index contributed by atoms with van der Waals surface area (Å²) < 4.78 is 27.3. The van der Waals surface area contributed by atoms with Crippen molar-refractivity contribution in [2.75, 3.05) is 6.54 Å². The van der Waals surface area contributed by atoms with Gasteiger partial charge in [0.1, 0.15) is 0 Å². The van der Waals surface area contributed by atoms with E-state index in [1.165, 1.54) is 5.56 Å². The molecule has 2 aliphatic rings. The molecule has 3 rings (SSSR count). The van der Waals surface area contributed by atoms with Crippen LogP contribution in [0.4, 0.5) is 0 Å². The predicted octanol–water partition coefficient (Wildman–Crippen LogP) is 3.71. The molecule has 0 aliphatic carbocycles. The normalized spacial score (nSPS) is 25.4. The summed E-state index contributed by atoms with van der Waals surface area (Å²) in [5.41, 5.74) is -0.382. The molecule has 7 heteroatoms. The standard InChI is InChI=1S/C20H33B2NO4/c1-17(2)18(3,4)25-21(24-17)23(15-14-16-12-10-9-11-13-16)22-26-19(5,6)20(7,8)27-22/h9-13H,14-15H2,1-8H3. The van der Waals surface area contributed by atoms with Crippen molar-refractivity contribution in [2.45, 2.75) is 84.2 Å². The zero-order valence-electron chi connectivity index (χ0n) is 18.0. The minimum atomic E-state index is -0.520. The molecule has 0 bridgehead atoms. The van der Waals surface area contributed by atoms with Gasteiger partial charge in [-0.3, -0.25) is 4.72 Å². The van der Waals surface area contributed by atoms with Gasteiger partial charge in [-0.05, 0) is 73.9 Å². The van der Waals surface area contributed by atoms with E-state index in [0.29, 0.717) is 6.54 Å². The van der Waals surface area contributed by atoms with E-state index >= 15 is 0 Å². The second kappa shape index (κ2) is 6.89. The van der Waals surface area contributed by atoms with E-state index in [1.54, 1.807) is 0 Å². The fraction of sp³-hybridized carbons (Fsp3) is 0.700. The lowest BCUT2D eigenvalue weighted by atomic mass is 9.88. The Kier molecular flexibility index (Phi) is 5.32. The molecule has 0 radical (unpaired) electrons. The van der Waals surface area contributed by atoms with Gasteiger partial charge in [-0.15, -0.1) is 0 Å². The Labute approximate surface area is 165 Å². The molecule has 2 fully saturated rings. The molecule has 0 N–H and O–H groups in total. The van der Waals surface area contributed by atoms with Crippen LogP contribution < -0.4 is 0 Å². The quantitative estimate of drug-likeness (QED) is 0.737. The van der Waals surface area contributed by atoms with Crippen molar-refractivity contribution >= 4 is 14.5 Å². The lowest BCUT2D eigenvalue weighted by Gasteiger charge is -2.32. The van der Waals surface area contributed by atoms with Crippen LogP contribution >= 0.6 is 0 Å². The molecule has 0 saturated carbocycles. The van der Waals surface area contributed by atoms with Crippen molar-refractivity contribution < 1.29 is 18.6 Å². The molecule has 5 nitrogen and oxygen atoms in total. The number of rotatable bonds is 5. The third kappa shape index (κ3) is 3.99. The van der Waals surface area contributed by atoms with Crippen LogP contribution in [0, 0.1) is 0 Å². The largest absolute Gasteiger partial charge is 0.551 e. The average Bonchev–Trinajstić information content (AvgIpc) is 2.88. The van der Waals surface area contributed by atoms with E-state index < -0.39 is 36.9 Å². The van der Waals surface area contributed by atoms with Gasteiger partial charge >= 0.3 is 14.5 Å². The van der Waals surface area contributed by atoms with Crippen LogP contribution in [0.2, 0.25) is 0 Å². The molecular formula is C20H33B2NO4. The summed E-state index contributed by atoms with van der Waals surface area (Å²) in [6.07, 6.45) is 0.856. The SMILES string of the molecule is CC1(C)OB(N(CCc2ccccc2)B2OC(C)(C)C(C)(C)O2)OC1(C)C.